The summed E-state index contributed by atoms with van der Waals surface area (Å²) in [6, 6.07) is 95.8. The lowest BCUT2D eigenvalue weighted by Crippen LogP contribution is -2.41. The molecule has 9 nitrogen and oxygen atoms in total. The van der Waals surface area contributed by atoms with Crippen LogP contribution in [0.25, 0.3) is 144 Å². The second kappa shape index (κ2) is 32.7. The maximum atomic E-state index is 6.25. The third kappa shape index (κ3) is 16.3. The maximum Gasteiger partial charge on any atom is 0.494 e. The lowest BCUT2D eigenvalue weighted by molar-refractivity contribution is 0.00578. The molecule has 19 rings (SSSR count). The fourth-order valence-corrected chi connectivity index (χ4v) is 16.7. The lowest BCUT2D eigenvalue weighted by Gasteiger charge is -2.32. The number of hydrogen-bond donors (Lipinski definition) is 1. The molecule has 3 radical (unpaired) electrons. The van der Waals surface area contributed by atoms with E-state index in [2.05, 4.69) is 418 Å². The third-order valence-corrected chi connectivity index (χ3v) is 23.9. The van der Waals surface area contributed by atoms with Crippen molar-refractivity contribution in [2.24, 2.45) is 0 Å². The van der Waals surface area contributed by atoms with E-state index in [1.807, 2.05) is 24.5 Å². The van der Waals surface area contributed by atoms with Crippen molar-refractivity contribution in [3.63, 3.8) is 0 Å². The Kier molecular flexibility index (Phi) is 23.3. The highest BCUT2D eigenvalue weighted by Crippen LogP contribution is 2.48. The van der Waals surface area contributed by atoms with Crippen LogP contribution in [0.2, 0.25) is 0 Å². The molecular weight excluding hydrogens is 1540 g/mol. The van der Waals surface area contributed by atoms with E-state index in [0.29, 0.717) is 0 Å². The van der Waals surface area contributed by atoms with E-state index in [1.165, 1.54) is 82.7 Å². The van der Waals surface area contributed by atoms with E-state index >= 15 is 0 Å². The molecule has 0 bridgehead atoms. The molecule has 118 heavy (non-hydrogen) atoms. The summed E-state index contributed by atoms with van der Waals surface area (Å²) in [5, 5.41) is 7.18. The molecule has 17 aromatic rings. The van der Waals surface area contributed by atoms with Gasteiger partial charge in [-0.05, 0) is 259 Å². The Morgan fingerprint density at radius 2 is 0.839 bits per heavy atom. The summed E-state index contributed by atoms with van der Waals surface area (Å²) in [6.45, 7) is 35.8. The standard InChI is InChI=1S/C48H42N4.C32H32BrN.C23H23BN2O2.CH4.B.H4P2/c1-47(2,3)33-21-22-41-38(27-33)39-28-34(48(4,5)6)29-40(45(39)51-41)43-26-32(30-14-8-7-9-15-30)25-42(50-43)31-16-12-17-35(24-31)52-44-20-11-10-18-36(44)37-19-13-23-49-46(37)52;1-31(2,3)23-13-12-21-14-26-27(25(21)17-23)18-24(32(4,5)6)19-28(26)29-15-22(16-30(33)34-29)20-10-8-7-9-11-20;1-22(2)23(3,4)28-24(27-22)16-9-7-10-17(15-16)26-20-13-6-5-11-18(20)19-12-8-14-25-21(19)26;;;1-2/h7-29,51H,1-6H3;7-13,15-19H,14H2,1-6H3;5-15H,1-4H3;1H4;;1-2H2. The summed E-state index contributed by atoms with van der Waals surface area (Å²) in [7, 11) is 4.28. The number of para-hydroxylation sites is 2. The minimum absolute atomic E-state index is 0. The summed E-state index contributed by atoms with van der Waals surface area (Å²) >= 11 is 3.69. The number of nitrogens with zero attached hydrogens (tertiary/aromatic N) is 6. The number of aromatic nitrogens is 7. The van der Waals surface area contributed by atoms with Crippen LogP contribution in [0.5, 0.6) is 0 Å². The summed E-state index contributed by atoms with van der Waals surface area (Å²) < 4.78 is 17.8. The zero-order valence-corrected chi connectivity index (χ0v) is 73.8. The number of rotatable bonds is 8. The SMILES string of the molecule is C.CC(C)(C)c1ccc2[nH]c3c(-c4cc(-c5ccccc5)cc(-c5cccc(-n6c7ccccc7c7cccnc76)c5)n4)cc(C(C)(C)C)cc3c2c1.CC(C)(C)c1ccc2c(c1)-c1cc(C(C)(C)C)cc(-c3cc(-c4ccccc4)cc(Br)n3)c1C2.CC1(C)OB(c2cccc(-n3c4ccccc4c4cccnc43)c2)OC1(C)C.PP.[B]. The van der Waals surface area contributed by atoms with Crippen LogP contribution < -0.4 is 5.46 Å². The number of fused-ring (bicyclic) bond motifs is 12. The molecule has 0 saturated carbocycles. The first-order chi connectivity index (χ1) is 55.4. The van der Waals surface area contributed by atoms with Crippen LogP contribution >= 0.6 is 33.8 Å². The number of halogens is 1. The van der Waals surface area contributed by atoms with Gasteiger partial charge in [-0.25, -0.2) is 19.9 Å². The Bertz CT molecular complexity index is 6500. The summed E-state index contributed by atoms with van der Waals surface area (Å²) in [5.74, 6) is 0. The van der Waals surface area contributed by atoms with Crippen molar-refractivity contribution in [1.82, 2.24) is 34.1 Å². The molecule has 1 saturated heterocycles. The van der Waals surface area contributed by atoms with Crippen molar-refractivity contribution in [3.8, 4) is 78.5 Å². The number of aromatic amines is 1. The minimum atomic E-state index is -0.383. The number of benzene rings is 10. The summed E-state index contributed by atoms with van der Waals surface area (Å²) in [5.41, 5.74) is 30.8. The highest BCUT2D eigenvalue weighted by Gasteiger charge is 2.52. The van der Waals surface area contributed by atoms with Crippen LogP contribution in [-0.2, 0) is 37.4 Å². The number of nitrogens with one attached hydrogen (secondary N) is 1. The van der Waals surface area contributed by atoms with Crippen molar-refractivity contribution in [1.29, 1.82) is 0 Å². The highest BCUT2D eigenvalue weighted by molar-refractivity contribution is 9.10. The molecule has 8 heterocycles. The number of pyridine rings is 4. The monoisotopic (exact) mass is 1650 g/mol. The zero-order chi connectivity index (χ0) is 81.5. The molecule has 14 heteroatoms. The van der Waals surface area contributed by atoms with Gasteiger partial charge in [0.25, 0.3) is 0 Å². The van der Waals surface area contributed by atoms with Gasteiger partial charge in [0.15, 0.2) is 0 Å². The van der Waals surface area contributed by atoms with Gasteiger partial charge >= 0.3 is 7.12 Å². The molecular formula is C104H105B2BrN7O2P2. The minimum Gasteiger partial charge on any atom is -0.399 e. The average molecular weight is 1650 g/mol. The normalized spacial score (nSPS) is 13.6. The molecule has 1 fully saturated rings. The Morgan fingerprint density at radius 1 is 0.390 bits per heavy atom. The zero-order valence-electron chi connectivity index (χ0n) is 70.0. The van der Waals surface area contributed by atoms with Crippen molar-refractivity contribution in [3.05, 3.63) is 317 Å². The van der Waals surface area contributed by atoms with E-state index in [-0.39, 0.29) is 55.8 Å². The van der Waals surface area contributed by atoms with Crippen molar-refractivity contribution in [2.75, 3.05) is 0 Å². The molecule has 2 unspecified atom stereocenters. The summed E-state index contributed by atoms with van der Waals surface area (Å²) in [4.78, 5) is 23.8. The highest BCUT2D eigenvalue weighted by atomic mass is 79.9. The van der Waals surface area contributed by atoms with Crippen LogP contribution in [0.15, 0.2) is 284 Å². The van der Waals surface area contributed by atoms with Crippen LogP contribution in [0.4, 0.5) is 0 Å². The maximum absolute atomic E-state index is 6.25. The van der Waals surface area contributed by atoms with Gasteiger partial charge in [0.1, 0.15) is 15.9 Å². The van der Waals surface area contributed by atoms with Gasteiger partial charge in [-0.2, -0.15) is 0 Å². The topological polar surface area (TPSA) is 95.7 Å². The predicted molar refractivity (Wildman–Crippen MR) is 514 cm³/mol. The van der Waals surface area contributed by atoms with Crippen LogP contribution in [0, 0.1) is 0 Å². The smallest absolute Gasteiger partial charge is 0.399 e. The molecule has 0 spiro atoms. The van der Waals surface area contributed by atoms with Gasteiger partial charge in [-0.3, -0.25) is 9.13 Å². The van der Waals surface area contributed by atoms with E-state index in [0.717, 1.165) is 111 Å². The Morgan fingerprint density at radius 3 is 1.42 bits per heavy atom. The van der Waals surface area contributed by atoms with Gasteiger partial charge in [0.2, 0.25) is 0 Å². The van der Waals surface area contributed by atoms with Gasteiger partial charge in [-0.15, -0.1) is 17.9 Å². The molecule has 1 aliphatic heterocycles. The van der Waals surface area contributed by atoms with Crippen LogP contribution in [0.3, 0.4) is 0 Å². The van der Waals surface area contributed by atoms with Gasteiger partial charge in [0, 0.05) is 86.7 Å². The van der Waals surface area contributed by atoms with Gasteiger partial charge in [0.05, 0.1) is 44.8 Å². The van der Waals surface area contributed by atoms with E-state index in [4.69, 9.17) is 24.3 Å². The molecule has 1 aliphatic carbocycles. The lowest BCUT2D eigenvalue weighted by atomic mass is 9.79. The Balaban J connectivity index is 0.000000151. The van der Waals surface area contributed by atoms with Crippen LogP contribution in [0.1, 0.15) is 152 Å². The first-order valence-corrected chi connectivity index (χ1v) is 43.7. The summed E-state index contributed by atoms with van der Waals surface area (Å²) in [6.07, 6.45) is 4.67. The first-order valence-electron chi connectivity index (χ1n) is 40.2. The first kappa shape index (κ1) is 84.1. The molecule has 1 N–H and O–H groups in total. The van der Waals surface area contributed by atoms with Gasteiger partial charge < -0.3 is 14.3 Å². The third-order valence-electron chi connectivity index (χ3n) is 23.5. The predicted octanol–water partition coefficient (Wildman–Crippen LogP) is 27.5. The fraction of sp³-hybridized carbons (Fsp3) is 0.231. The quantitative estimate of drug-likeness (QED) is 0.0925. The van der Waals surface area contributed by atoms with Crippen molar-refractivity contribution >= 4 is 120 Å². The van der Waals surface area contributed by atoms with E-state index in [9.17, 15) is 0 Å². The van der Waals surface area contributed by atoms with E-state index in [1.54, 1.807) is 0 Å². The molecule has 0 amide bonds. The molecule has 10 aromatic carbocycles. The largest absolute Gasteiger partial charge is 0.494 e. The Labute approximate surface area is 712 Å². The van der Waals surface area contributed by atoms with Crippen LogP contribution in [-0.4, -0.2) is 60.8 Å². The molecule has 2 atom stereocenters. The number of H-pyrrole nitrogens is 1. The van der Waals surface area contributed by atoms with Gasteiger partial charge in [-0.1, -0.05) is 242 Å². The fourth-order valence-electron chi connectivity index (χ4n) is 16.3. The van der Waals surface area contributed by atoms with E-state index < -0.39 is 0 Å². The molecule has 7 aromatic heterocycles. The molecule has 2 aliphatic rings. The molecule has 591 valence electrons. The van der Waals surface area contributed by atoms with Crippen molar-refractivity contribution in [2.45, 2.75) is 157 Å². The Hall–Kier alpha value is -10.4. The average Bonchev–Trinajstić information content (AvgIpc) is 1.58. The second-order valence-corrected chi connectivity index (χ2v) is 36.9. The van der Waals surface area contributed by atoms with Crippen molar-refractivity contribution < 1.29 is 9.31 Å². The second-order valence-electron chi connectivity index (χ2n) is 36.0. The number of hydrogen-bond acceptors (Lipinski definition) is 6.